The number of likely N-dealkylation sites (N-methyl/N-ethyl adjacent to an activating group) is 1. The van der Waals surface area contributed by atoms with Crippen molar-refractivity contribution in [2.24, 2.45) is 5.73 Å². The van der Waals surface area contributed by atoms with E-state index >= 15 is 0 Å². The van der Waals surface area contributed by atoms with Gasteiger partial charge in [0.2, 0.25) is 0 Å². The van der Waals surface area contributed by atoms with Crippen LogP contribution in [0.25, 0.3) is 0 Å². The molecule has 0 amide bonds. The maximum Gasteiger partial charge on any atom is 0.262 e. The van der Waals surface area contributed by atoms with Gasteiger partial charge in [-0.25, -0.2) is 8.78 Å². The van der Waals surface area contributed by atoms with Gasteiger partial charge in [0.15, 0.2) is 0 Å². The summed E-state index contributed by atoms with van der Waals surface area (Å²) in [6.45, 7) is 0.182. The first-order valence-corrected chi connectivity index (χ1v) is 3.33. The highest BCUT2D eigenvalue weighted by molar-refractivity contribution is 4.88. The molecule has 0 unspecified atom stereocenters. The lowest BCUT2D eigenvalue weighted by molar-refractivity contribution is 0.0141. The zero-order valence-electron chi connectivity index (χ0n) is 5.98. The van der Waals surface area contributed by atoms with Crippen LogP contribution in [0.2, 0.25) is 0 Å². The molecule has 0 saturated carbocycles. The SMILES string of the molecule is CN1CC(F)(F)C[C@@H]1CN. The lowest BCUT2D eigenvalue weighted by Crippen LogP contribution is -2.31. The van der Waals surface area contributed by atoms with Gasteiger partial charge >= 0.3 is 0 Å². The number of nitrogens with zero attached hydrogens (tertiary/aromatic N) is 1. The third-order valence-corrected chi connectivity index (χ3v) is 1.91. The predicted octanol–water partition coefficient (Wildman–Crippen LogP) is 0.285. The van der Waals surface area contributed by atoms with Crippen molar-refractivity contribution in [3.63, 3.8) is 0 Å². The fourth-order valence-electron chi connectivity index (χ4n) is 1.32. The van der Waals surface area contributed by atoms with E-state index in [4.69, 9.17) is 5.73 Å². The van der Waals surface area contributed by atoms with Crippen LogP contribution in [0.1, 0.15) is 6.42 Å². The second-order valence-electron chi connectivity index (χ2n) is 2.86. The molecule has 0 bridgehead atoms. The van der Waals surface area contributed by atoms with Crippen molar-refractivity contribution in [3.8, 4) is 0 Å². The third kappa shape index (κ3) is 1.44. The van der Waals surface area contributed by atoms with Crippen LogP contribution in [0.4, 0.5) is 8.78 Å². The maximum absolute atomic E-state index is 12.5. The minimum Gasteiger partial charge on any atom is -0.329 e. The third-order valence-electron chi connectivity index (χ3n) is 1.91. The van der Waals surface area contributed by atoms with E-state index < -0.39 is 5.92 Å². The molecule has 0 spiro atoms. The van der Waals surface area contributed by atoms with Crippen LogP contribution in [-0.2, 0) is 0 Å². The Morgan fingerprint density at radius 3 is 2.50 bits per heavy atom. The van der Waals surface area contributed by atoms with Crippen LogP contribution in [-0.4, -0.2) is 37.0 Å². The van der Waals surface area contributed by atoms with Crippen LogP contribution in [0, 0.1) is 0 Å². The Hall–Kier alpha value is -0.220. The van der Waals surface area contributed by atoms with Gasteiger partial charge in [0.1, 0.15) is 0 Å². The molecule has 4 heteroatoms. The summed E-state index contributed by atoms with van der Waals surface area (Å²) in [5, 5.41) is 0. The maximum atomic E-state index is 12.5. The van der Waals surface area contributed by atoms with Gasteiger partial charge in [0.05, 0.1) is 6.54 Å². The lowest BCUT2D eigenvalue weighted by Gasteiger charge is -2.14. The summed E-state index contributed by atoms with van der Waals surface area (Å²) >= 11 is 0. The number of hydrogen-bond acceptors (Lipinski definition) is 2. The molecule has 1 atom stereocenters. The zero-order valence-corrected chi connectivity index (χ0v) is 5.98. The smallest absolute Gasteiger partial charge is 0.262 e. The Labute approximate surface area is 59.0 Å². The van der Waals surface area contributed by atoms with Gasteiger partial charge in [-0.1, -0.05) is 0 Å². The molecule has 0 aromatic carbocycles. The van der Waals surface area contributed by atoms with Crippen LogP contribution in [0.15, 0.2) is 0 Å². The minimum absolute atomic E-state index is 0.0833. The molecule has 0 aromatic rings. The van der Waals surface area contributed by atoms with E-state index in [0.29, 0.717) is 6.54 Å². The summed E-state index contributed by atoms with van der Waals surface area (Å²) in [6, 6.07) is -0.130. The van der Waals surface area contributed by atoms with Gasteiger partial charge in [-0.2, -0.15) is 0 Å². The number of alkyl halides is 2. The van der Waals surface area contributed by atoms with E-state index in [-0.39, 0.29) is 19.0 Å². The van der Waals surface area contributed by atoms with Gasteiger partial charge < -0.3 is 5.73 Å². The highest BCUT2D eigenvalue weighted by Crippen LogP contribution is 2.29. The number of halogens is 2. The lowest BCUT2D eigenvalue weighted by atomic mass is 10.2. The van der Waals surface area contributed by atoms with Crippen molar-refractivity contribution in [1.29, 1.82) is 0 Å². The van der Waals surface area contributed by atoms with Crippen molar-refractivity contribution in [2.45, 2.75) is 18.4 Å². The first-order valence-electron chi connectivity index (χ1n) is 3.33. The van der Waals surface area contributed by atoms with Gasteiger partial charge in [-0.15, -0.1) is 0 Å². The van der Waals surface area contributed by atoms with E-state index in [1.54, 1.807) is 11.9 Å². The van der Waals surface area contributed by atoms with Gasteiger partial charge in [-0.05, 0) is 7.05 Å². The van der Waals surface area contributed by atoms with E-state index in [0.717, 1.165) is 0 Å². The van der Waals surface area contributed by atoms with Crippen molar-refractivity contribution in [3.05, 3.63) is 0 Å². The van der Waals surface area contributed by atoms with Gasteiger partial charge in [0, 0.05) is 19.0 Å². The molecule has 1 fully saturated rings. The molecule has 1 aliphatic rings. The summed E-state index contributed by atoms with van der Waals surface area (Å²) in [5.74, 6) is -2.52. The average molecular weight is 150 g/mol. The molecule has 10 heavy (non-hydrogen) atoms. The number of rotatable bonds is 1. The summed E-state index contributed by atoms with van der Waals surface area (Å²) in [7, 11) is 1.68. The zero-order chi connectivity index (χ0) is 7.78. The molecule has 1 heterocycles. The Kier molecular flexibility index (Phi) is 1.92. The highest BCUT2D eigenvalue weighted by atomic mass is 19.3. The Balaban J connectivity index is 2.52. The average Bonchev–Trinajstić information content (AvgIpc) is 2.05. The molecule has 1 aliphatic heterocycles. The predicted molar refractivity (Wildman–Crippen MR) is 35.0 cm³/mol. The van der Waals surface area contributed by atoms with Gasteiger partial charge in [0.25, 0.3) is 5.92 Å². The number of hydrogen-bond donors (Lipinski definition) is 1. The van der Waals surface area contributed by atoms with Crippen molar-refractivity contribution >= 4 is 0 Å². The van der Waals surface area contributed by atoms with Crippen LogP contribution in [0.5, 0.6) is 0 Å². The van der Waals surface area contributed by atoms with Crippen molar-refractivity contribution < 1.29 is 8.78 Å². The summed E-state index contributed by atoms with van der Waals surface area (Å²) in [5.41, 5.74) is 5.27. The molecular weight excluding hydrogens is 138 g/mol. The fourth-order valence-corrected chi connectivity index (χ4v) is 1.32. The van der Waals surface area contributed by atoms with Crippen molar-refractivity contribution in [2.75, 3.05) is 20.1 Å². The summed E-state index contributed by atoms with van der Waals surface area (Å²) in [6.07, 6.45) is -0.0833. The molecular formula is C6H12F2N2. The van der Waals surface area contributed by atoms with Crippen LogP contribution < -0.4 is 5.73 Å². The summed E-state index contributed by atoms with van der Waals surface area (Å²) in [4.78, 5) is 1.61. The quantitative estimate of drug-likeness (QED) is 0.582. The normalized spacial score (nSPS) is 33.0. The van der Waals surface area contributed by atoms with Crippen molar-refractivity contribution in [1.82, 2.24) is 4.90 Å². The highest BCUT2D eigenvalue weighted by Gasteiger charge is 2.42. The molecule has 0 radical (unpaired) electrons. The minimum atomic E-state index is -2.52. The second-order valence-corrected chi connectivity index (χ2v) is 2.86. The van der Waals surface area contributed by atoms with E-state index in [1.807, 2.05) is 0 Å². The Morgan fingerprint density at radius 2 is 2.30 bits per heavy atom. The standard InChI is InChI=1S/C6H12F2N2/c1-10-4-6(7,8)2-5(10)3-9/h5H,2-4,9H2,1H3/t5-/m1/s1. The molecule has 1 saturated heterocycles. The topological polar surface area (TPSA) is 29.3 Å². The van der Waals surface area contributed by atoms with E-state index in [2.05, 4.69) is 0 Å². The molecule has 2 N–H and O–H groups in total. The molecule has 60 valence electrons. The summed E-state index contributed by atoms with van der Waals surface area (Å²) < 4.78 is 25.1. The van der Waals surface area contributed by atoms with E-state index in [1.165, 1.54) is 0 Å². The second kappa shape index (κ2) is 2.43. The first kappa shape index (κ1) is 7.88. The Morgan fingerprint density at radius 1 is 1.70 bits per heavy atom. The van der Waals surface area contributed by atoms with E-state index in [9.17, 15) is 8.78 Å². The molecule has 2 nitrogen and oxygen atoms in total. The fraction of sp³-hybridized carbons (Fsp3) is 1.00. The Bertz CT molecular complexity index is 127. The molecule has 1 rings (SSSR count). The first-order chi connectivity index (χ1) is 4.55. The van der Waals surface area contributed by atoms with Crippen LogP contribution in [0.3, 0.4) is 0 Å². The molecule has 0 aliphatic carbocycles. The van der Waals surface area contributed by atoms with Crippen LogP contribution >= 0.6 is 0 Å². The molecule has 0 aromatic heterocycles. The monoisotopic (exact) mass is 150 g/mol. The number of nitrogens with two attached hydrogens (primary N) is 1. The number of likely N-dealkylation sites (tertiary alicyclic amines) is 1. The van der Waals surface area contributed by atoms with Gasteiger partial charge in [-0.3, -0.25) is 4.90 Å². The largest absolute Gasteiger partial charge is 0.329 e.